The molecule has 7 heteroatoms. The maximum Gasteiger partial charge on any atom is 0.154 e. The molecule has 0 saturated carbocycles. The van der Waals surface area contributed by atoms with Gasteiger partial charge in [-0.1, -0.05) is 0 Å². The summed E-state index contributed by atoms with van der Waals surface area (Å²) in [6.07, 6.45) is 6.89. The second-order valence-corrected chi connectivity index (χ2v) is 7.94. The molecule has 0 aromatic carbocycles. The quantitative estimate of drug-likeness (QED) is 0.756. The van der Waals surface area contributed by atoms with Crippen LogP contribution in [0.2, 0.25) is 0 Å². The zero-order chi connectivity index (χ0) is 19.1. The second-order valence-electron chi connectivity index (χ2n) is 7.94. The molecule has 0 spiro atoms. The minimum atomic E-state index is 0.506. The fraction of sp³-hybridized carbons (Fsp3) is 0.476. The van der Waals surface area contributed by atoms with Gasteiger partial charge in [-0.05, 0) is 70.0 Å². The van der Waals surface area contributed by atoms with E-state index >= 15 is 0 Å². The Morgan fingerprint density at radius 3 is 2.57 bits per heavy atom. The van der Waals surface area contributed by atoms with Gasteiger partial charge in [-0.15, -0.1) is 5.10 Å². The lowest BCUT2D eigenvalue weighted by molar-refractivity contribution is 0.207. The van der Waals surface area contributed by atoms with Gasteiger partial charge < -0.3 is 15.5 Å². The molecule has 146 valence electrons. The second kappa shape index (κ2) is 7.05. The van der Waals surface area contributed by atoms with Crippen molar-refractivity contribution in [2.75, 3.05) is 36.8 Å². The van der Waals surface area contributed by atoms with Crippen LogP contribution in [0.15, 0.2) is 30.5 Å². The Balaban J connectivity index is 1.43. The first-order chi connectivity index (χ1) is 13.7. The van der Waals surface area contributed by atoms with Gasteiger partial charge in [0.1, 0.15) is 11.6 Å². The Labute approximate surface area is 165 Å². The molecule has 2 aliphatic heterocycles. The van der Waals surface area contributed by atoms with Crippen molar-refractivity contribution < 1.29 is 0 Å². The lowest BCUT2D eigenvalue weighted by atomic mass is 10.0. The summed E-state index contributed by atoms with van der Waals surface area (Å²) in [5, 5.41) is 4.95. The number of nitrogen functional groups attached to an aromatic ring is 1. The van der Waals surface area contributed by atoms with Crippen molar-refractivity contribution >= 4 is 17.3 Å². The number of likely N-dealkylation sites (tertiary alicyclic amines) is 1. The molecule has 7 nitrogen and oxygen atoms in total. The summed E-state index contributed by atoms with van der Waals surface area (Å²) in [5.41, 5.74) is 9.68. The van der Waals surface area contributed by atoms with Crippen LogP contribution in [0.3, 0.4) is 0 Å². The first-order valence-electron chi connectivity index (χ1n) is 10.3. The summed E-state index contributed by atoms with van der Waals surface area (Å²) < 4.78 is 1.95. The van der Waals surface area contributed by atoms with Crippen molar-refractivity contribution in [3.05, 3.63) is 36.2 Å². The fourth-order valence-corrected chi connectivity index (χ4v) is 4.70. The number of anilines is 2. The third-order valence-electron chi connectivity index (χ3n) is 6.14. The van der Waals surface area contributed by atoms with Crippen LogP contribution in [-0.4, -0.2) is 56.7 Å². The van der Waals surface area contributed by atoms with Gasteiger partial charge in [0.25, 0.3) is 0 Å². The summed E-state index contributed by atoms with van der Waals surface area (Å²) in [5.74, 6) is 1.53. The van der Waals surface area contributed by atoms with E-state index in [1.807, 2.05) is 23.6 Å². The topological polar surface area (TPSA) is 75.6 Å². The molecule has 0 radical (unpaired) electrons. The van der Waals surface area contributed by atoms with E-state index in [-0.39, 0.29) is 0 Å². The molecule has 0 bridgehead atoms. The van der Waals surface area contributed by atoms with E-state index in [4.69, 9.17) is 10.8 Å². The molecule has 5 rings (SSSR count). The van der Waals surface area contributed by atoms with E-state index in [0.717, 1.165) is 47.5 Å². The number of nitrogens with two attached hydrogens (primary N) is 1. The summed E-state index contributed by atoms with van der Waals surface area (Å²) in [4.78, 5) is 13.9. The van der Waals surface area contributed by atoms with Crippen LogP contribution in [0.4, 0.5) is 11.6 Å². The predicted molar refractivity (Wildman–Crippen MR) is 111 cm³/mol. The molecular formula is C21H27N7. The third-order valence-corrected chi connectivity index (χ3v) is 6.14. The number of pyridine rings is 1. The van der Waals surface area contributed by atoms with Crippen LogP contribution in [0.1, 0.15) is 31.4 Å². The highest BCUT2D eigenvalue weighted by molar-refractivity contribution is 5.68. The van der Waals surface area contributed by atoms with Gasteiger partial charge in [0.05, 0.1) is 11.4 Å². The maximum absolute atomic E-state index is 5.90. The van der Waals surface area contributed by atoms with E-state index < -0.39 is 0 Å². The van der Waals surface area contributed by atoms with Crippen LogP contribution in [0.25, 0.3) is 16.9 Å². The predicted octanol–water partition coefficient (Wildman–Crippen LogP) is 2.75. The zero-order valence-corrected chi connectivity index (χ0v) is 16.4. The number of piperidine rings is 1. The van der Waals surface area contributed by atoms with Crippen molar-refractivity contribution in [2.24, 2.45) is 0 Å². The fourth-order valence-electron chi connectivity index (χ4n) is 4.70. The number of imidazole rings is 1. The molecular weight excluding hydrogens is 350 g/mol. The number of nitrogens with zero attached hydrogens (tertiary/aromatic N) is 6. The van der Waals surface area contributed by atoms with Crippen LogP contribution in [-0.2, 0) is 0 Å². The zero-order valence-electron chi connectivity index (χ0n) is 16.4. The van der Waals surface area contributed by atoms with Crippen molar-refractivity contribution in [1.29, 1.82) is 0 Å². The number of hydrogen-bond donors (Lipinski definition) is 1. The number of aryl methyl sites for hydroxylation is 1. The Morgan fingerprint density at radius 2 is 1.82 bits per heavy atom. The van der Waals surface area contributed by atoms with Gasteiger partial charge in [0.2, 0.25) is 0 Å². The molecule has 0 amide bonds. The van der Waals surface area contributed by atoms with E-state index in [0.29, 0.717) is 5.82 Å². The van der Waals surface area contributed by atoms with Gasteiger partial charge in [-0.2, -0.15) is 0 Å². The van der Waals surface area contributed by atoms with Crippen molar-refractivity contribution in [2.45, 2.75) is 38.6 Å². The Bertz CT molecular complexity index is 982. The van der Waals surface area contributed by atoms with Gasteiger partial charge >= 0.3 is 0 Å². The number of rotatable bonds is 3. The van der Waals surface area contributed by atoms with E-state index in [2.05, 4.69) is 31.9 Å². The Kier molecular flexibility index (Phi) is 4.39. The number of aromatic nitrogens is 4. The molecule has 5 heterocycles. The highest BCUT2D eigenvalue weighted by atomic mass is 15.3. The van der Waals surface area contributed by atoms with Crippen molar-refractivity contribution in [1.82, 2.24) is 24.5 Å². The average Bonchev–Trinajstić information content (AvgIpc) is 3.35. The summed E-state index contributed by atoms with van der Waals surface area (Å²) in [6.45, 7) is 6.70. The highest BCUT2D eigenvalue weighted by Gasteiger charge is 2.27. The molecule has 3 aromatic rings. The SMILES string of the molecule is Cc1nc2ccc(N3CCC(N4CCCC4)CC3)nn2c1-c1ccnc(N)c1. The molecule has 2 fully saturated rings. The molecule has 28 heavy (non-hydrogen) atoms. The number of fused-ring (bicyclic) bond motifs is 1. The standard InChI is InChI=1S/C21H27N7/c1-15-21(16-6-9-23-18(22)14-16)28-19(24-15)4-5-20(25-28)27-12-7-17(8-13-27)26-10-2-3-11-26/h4-6,9,14,17H,2-3,7-8,10-13H2,1H3,(H2,22,23). The normalized spacial score (nSPS) is 19.0. The smallest absolute Gasteiger partial charge is 0.154 e. The maximum atomic E-state index is 5.90. The van der Waals surface area contributed by atoms with E-state index in [1.165, 1.54) is 38.8 Å². The van der Waals surface area contributed by atoms with Gasteiger partial charge in [0, 0.05) is 30.9 Å². The van der Waals surface area contributed by atoms with Crippen molar-refractivity contribution in [3.63, 3.8) is 0 Å². The van der Waals surface area contributed by atoms with Crippen LogP contribution < -0.4 is 10.6 Å². The molecule has 0 unspecified atom stereocenters. The highest BCUT2D eigenvalue weighted by Crippen LogP contribution is 2.28. The Morgan fingerprint density at radius 1 is 1.04 bits per heavy atom. The summed E-state index contributed by atoms with van der Waals surface area (Å²) in [7, 11) is 0. The summed E-state index contributed by atoms with van der Waals surface area (Å²) >= 11 is 0. The van der Waals surface area contributed by atoms with Gasteiger partial charge in [-0.25, -0.2) is 14.5 Å². The largest absolute Gasteiger partial charge is 0.384 e. The molecule has 2 saturated heterocycles. The van der Waals surface area contributed by atoms with Gasteiger partial charge in [0.15, 0.2) is 5.65 Å². The lowest BCUT2D eigenvalue weighted by Crippen LogP contribution is -2.44. The first-order valence-corrected chi connectivity index (χ1v) is 10.3. The number of hydrogen-bond acceptors (Lipinski definition) is 6. The Hall–Kier alpha value is -2.67. The first kappa shape index (κ1) is 17.4. The summed E-state index contributed by atoms with van der Waals surface area (Å²) in [6, 6.07) is 8.75. The third kappa shape index (κ3) is 3.09. The van der Waals surface area contributed by atoms with Crippen LogP contribution in [0.5, 0.6) is 0 Å². The molecule has 0 atom stereocenters. The van der Waals surface area contributed by atoms with E-state index in [9.17, 15) is 0 Å². The minimum Gasteiger partial charge on any atom is -0.384 e. The monoisotopic (exact) mass is 377 g/mol. The molecule has 0 aliphatic carbocycles. The minimum absolute atomic E-state index is 0.506. The lowest BCUT2D eigenvalue weighted by Gasteiger charge is -2.37. The average molecular weight is 377 g/mol. The van der Waals surface area contributed by atoms with Gasteiger partial charge in [-0.3, -0.25) is 0 Å². The van der Waals surface area contributed by atoms with Crippen LogP contribution >= 0.6 is 0 Å². The molecule has 2 N–H and O–H groups in total. The van der Waals surface area contributed by atoms with Crippen LogP contribution in [0, 0.1) is 6.92 Å². The molecule has 2 aliphatic rings. The molecule has 3 aromatic heterocycles. The van der Waals surface area contributed by atoms with Crippen molar-refractivity contribution in [3.8, 4) is 11.3 Å². The van der Waals surface area contributed by atoms with E-state index in [1.54, 1.807) is 6.20 Å².